The van der Waals surface area contributed by atoms with Crippen molar-refractivity contribution in [3.05, 3.63) is 0 Å². The molecular formula is C13H23ClN2O3. The predicted octanol–water partition coefficient (Wildman–Crippen LogP) is 1.36. The van der Waals surface area contributed by atoms with Crippen molar-refractivity contribution in [2.75, 3.05) is 26.2 Å². The van der Waals surface area contributed by atoms with E-state index in [0.717, 1.165) is 38.9 Å². The highest BCUT2D eigenvalue weighted by Gasteiger charge is 2.32. The molecule has 1 unspecified atom stereocenters. The highest BCUT2D eigenvalue weighted by Crippen LogP contribution is 2.18. The minimum Gasteiger partial charge on any atom is -0.480 e. The minimum absolute atomic E-state index is 0. The Kier molecular flexibility index (Phi) is 6.58. The standard InChI is InChI=1S/C13H22N2O3.ClH/c16-12(14-7-3-1-2-4-8-14)10-15-9-5-6-11(15)13(17)18;/h11H,1-10H2,(H,17,18);1H. The van der Waals surface area contributed by atoms with Gasteiger partial charge in [-0.3, -0.25) is 14.5 Å². The van der Waals surface area contributed by atoms with Gasteiger partial charge in [0.2, 0.25) is 5.91 Å². The summed E-state index contributed by atoms with van der Waals surface area (Å²) in [6.45, 7) is 2.68. The average molecular weight is 291 g/mol. The van der Waals surface area contributed by atoms with Gasteiger partial charge in [0.05, 0.1) is 6.54 Å². The van der Waals surface area contributed by atoms with Gasteiger partial charge in [0.15, 0.2) is 0 Å². The van der Waals surface area contributed by atoms with E-state index in [1.807, 2.05) is 9.80 Å². The molecule has 1 atom stereocenters. The number of carboxylic acids is 1. The Morgan fingerprint density at radius 2 is 1.63 bits per heavy atom. The average Bonchev–Trinajstić information content (AvgIpc) is 2.63. The fraction of sp³-hybridized carbons (Fsp3) is 0.846. The van der Waals surface area contributed by atoms with Crippen molar-refractivity contribution in [3.63, 3.8) is 0 Å². The quantitative estimate of drug-likeness (QED) is 0.852. The molecule has 0 radical (unpaired) electrons. The maximum atomic E-state index is 12.2. The second kappa shape index (κ2) is 7.70. The molecule has 5 nitrogen and oxygen atoms in total. The molecule has 1 N–H and O–H groups in total. The zero-order chi connectivity index (χ0) is 13.0. The molecule has 0 saturated carbocycles. The number of carbonyl (C=O) groups excluding carboxylic acids is 1. The maximum absolute atomic E-state index is 12.2. The summed E-state index contributed by atoms with van der Waals surface area (Å²) in [5.74, 6) is -0.693. The van der Waals surface area contributed by atoms with Gasteiger partial charge in [0.25, 0.3) is 0 Å². The molecule has 2 fully saturated rings. The van der Waals surface area contributed by atoms with Crippen LogP contribution in [0.1, 0.15) is 38.5 Å². The van der Waals surface area contributed by atoms with Crippen LogP contribution in [0.4, 0.5) is 0 Å². The Morgan fingerprint density at radius 1 is 1.00 bits per heavy atom. The van der Waals surface area contributed by atoms with Crippen molar-refractivity contribution >= 4 is 24.3 Å². The first-order valence-corrected chi connectivity index (χ1v) is 6.93. The van der Waals surface area contributed by atoms with Crippen molar-refractivity contribution < 1.29 is 14.7 Å². The van der Waals surface area contributed by atoms with E-state index in [0.29, 0.717) is 6.42 Å². The van der Waals surface area contributed by atoms with Crippen molar-refractivity contribution in [2.24, 2.45) is 0 Å². The van der Waals surface area contributed by atoms with E-state index in [9.17, 15) is 9.59 Å². The maximum Gasteiger partial charge on any atom is 0.320 e. The normalized spacial score (nSPS) is 24.6. The number of aliphatic carboxylic acids is 1. The number of hydrogen-bond acceptors (Lipinski definition) is 3. The van der Waals surface area contributed by atoms with Crippen molar-refractivity contribution in [1.29, 1.82) is 0 Å². The van der Waals surface area contributed by atoms with Crippen molar-refractivity contribution in [1.82, 2.24) is 9.80 Å². The fourth-order valence-corrected chi connectivity index (χ4v) is 2.89. The summed E-state index contributed by atoms with van der Waals surface area (Å²) in [6.07, 6.45) is 6.10. The molecule has 0 aliphatic carbocycles. The molecule has 2 aliphatic rings. The first-order chi connectivity index (χ1) is 8.68. The fourth-order valence-electron chi connectivity index (χ4n) is 2.89. The summed E-state index contributed by atoms with van der Waals surface area (Å²) in [4.78, 5) is 26.9. The zero-order valence-electron chi connectivity index (χ0n) is 11.2. The smallest absolute Gasteiger partial charge is 0.320 e. The van der Waals surface area contributed by atoms with Crippen LogP contribution in [0, 0.1) is 0 Å². The number of carbonyl (C=O) groups is 2. The number of halogens is 1. The van der Waals surface area contributed by atoms with Crippen LogP contribution >= 0.6 is 12.4 Å². The molecule has 19 heavy (non-hydrogen) atoms. The van der Waals surface area contributed by atoms with Gasteiger partial charge in [-0.25, -0.2) is 0 Å². The van der Waals surface area contributed by atoms with Crippen LogP contribution in [0.25, 0.3) is 0 Å². The molecule has 0 spiro atoms. The van der Waals surface area contributed by atoms with Gasteiger partial charge >= 0.3 is 5.97 Å². The highest BCUT2D eigenvalue weighted by molar-refractivity contribution is 5.85. The third-order valence-corrected chi connectivity index (χ3v) is 3.95. The summed E-state index contributed by atoms with van der Waals surface area (Å²) >= 11 is 0. The van der Waals surface area contributed by atoms with Gasteiger partial charge in [-0.2, -0.15) is 0 Å². The van der Waals surface area contributed by atoms with E-state index in [-0.39, 0.29) is 24.9 Å². The van der Waals surface area contributed by atoms with Gasteiger partial charge in [-0.1, -0.05) is 12.8 Å². The van der Waals surface area contributed by atoms with Crippen LogP contribution in [-0.2, 0) is 9.59 Å². The third kappa shape index (κ3) is 4.35. The Morgan fingerprint density at radius 3 is 2.21 bits per heavy atom. The van der Waals surface area contributed by atoms with E-state index in [2.05, 4.69) is 0 Å². The lowest BCUT2D eigenvalue weighted by Crippen LogP contribution is -2.44. The van der Waals surface area contributed by atoms with Crippen LogP contribution in [0.3, 0.4) is 0 Å². The van der Waals surface area contributed by atoms with Crippen LogP contribution in [0.5, 0.6) is 0 Å². The second-order valence-electron chi connectivity index (χ2n) is 5.26. The molecule has 1 amide bonds. The summed E-state index contributed by atoms with van der Waals surface area (Å²) in [5.41, 5.74) is 0. The zero-order valence-corrected chi connectivity index (χ0v) is 12.0. The molecule has 0 aromatic heterocycles. The summed E-state index contributed by atoms with van der Waals surface area (Å²) < 4.78 is 0. The lowest BCUT2D eigenvalue weighted by molar-refractivity contribution is -0.143. The lowest BCUT2D eigenvalue weighted by Gasteiger charge is -2.26. The molecule has 2 rings (SSSR count). The molecule has 2 aliphatic heterocycles. The second-order valence-corrected chi connectivity index (χ2v) is 5.26. The van der Waals surface area contributed by atoms with Gasteiger partial charge in [0.1, 0.15) is 6.04 Å². The topological polar surface area (TPSA) is 60.9 Å². The van der Waals surface area contributed by atoms with E-state index in [4.69, 9.17) is 5.11 Å². The molecule has 0 aromatic rings. The van der Waals surface area contributed by atoms with Crippen molar-refractivity contribution in [2.45, 2.75) is 44.6 Å². The molecule has 110 valence electrons. The first-order valence-electron chi connectivity index (χ1n) is 6.93. The Hall–Kier alpha value is -0.810. The predicted molar refractivity (Wildman–Crippen MR) is 74.5 cm³/mol. The van der Waals surface area contributed by atoms with Gasteiger partial charge in [-0.15, -0.1) is 12.4 Å². The molecule has 2 saturated heterocycles. The molecular weight excluding hydrogens is 268 g/mol. The van der Waals surface area contributed by atoms with Crippen LogP contribution in [0.15, 0.2) is 0 Å². The van der Waals surface area contributed by atoms with E-state index in [1.54, 1.807) is 0 Å². The van der Waals surface area contributed by atoms with E-state index in [1.165, 1.54) is 12.8 Å². The monoisotopic (exact) mass is 290 g/mol. The number of likely N-dealkylation sites (tertiary alicyclic amines) is 2. The van der Waals surface area contributed by atoms with Crippen LogP contribution in [-0.4, -0.2) is 59.0 Å². The summed E-state index contributed by atoms with van der Waals surface area (Å²) in [6, 6.07) is -0.457. The number of amides is 1. The van der Waals surface area contributed by atoms with Gasteiger partial charge in [-0.05, 0) is 32.2 Å². The number of nitrogens with zero attached hydrogens (tertiary/aromatic N) is 2. The largest absolute Gasteiger partial charge is 0.480 e. The Balaban J connectivity index is 0.00000180. The molecule has 0 aromatic carbocycles. The highest BCUT2D eigenvalue weighted by atomic mass is 35.5. The van der Waals surface area contributed by atoms with Gasteiger partial charge < -0.3 is 10.0 Å². The first kappa shape index (κ1) is 16.2. The van der Waals surface area contributed by atoms with E-state index >= 15 is 0 Å². The van der Waals surface area contributed by atoms with Crippen LogP contribution < -0.4 is 0 Å². The minimum atomic E-state index is -0.795. The Bertz CT molecular complexity index is 317. The molecule has 6 heteroatoms. The number of carboxylic acid groups (broad SMARTS) is 1. The number of rotatable bonds is 3. The SMILES string of the molecule is Cl.O=C(O)C1CCCN1CC(=O)N1CCCCCC1. The van der Waals surface area contributed by atoms with Crippen molar-refractivity contribution in [3.8, 4) is 0 Å². The van der Waals surface area contributed by atoms with Crippen LogP contribution in [0.2, 0.25) is 0 Å². The lowest BCUT2D eigenvalue weighted by atomic mass is 10.2. The summed E-state index contributed by atoms with van der Waals surface area (Å²) in [7, 11) is 0. The number of hydrogen-bond donors (Lipinski definition) is 1. The molecule has 2 heterocycles. The molecule has 0 bridgehead atoms. The van der Waals surface area contributed by atoms with Gasteiger partial charge in [0, 0.05) is 13.1 Å². The summed E-state index contributed by atoms with van der Waals surface area (Å²) in [5, 5.41) is 9.09. The van der Waals surface area contributed by atoms with E-state index < -0.39 is 12.0 Å². The third-order valence-electron chi connectivity index (χ3n) is 3.95. The Labute approximate surface area is 120 Å².